The predicted molar refractivity (Wildman–Crippen MR) is 82.6 cm³/mol. The number of nitrogens with one attached hydrogen (secondary N) is 1. The zero-order valence-corrected chi connectivity index (χ0v) is 13.1. The molecule has 116 valence electrons. The van der Waals surface area contributed by atoms with Gasteiger partial charge in [0.1, 0.15) is 0 Å². The van der Waals surface area contributed by atoms with Crippen molar-refractivity contribution in [2.45, 2.75) is 46.1 Å². The van der Waals surface area contributed by atoms with Gasteiger partial charge in [0, 0.05) is 12.8 Å². The SMILES string of the molecule is CC(C)COC(=O)CCCC(=O)NC(C)c1ccccc1. The third-order valence-electron chi connectivity index (χ3n) is 3.04. The lowest BCUT2D eigenvalue weighted by molar-refractivity contribution is -0.144. The molecule has 0 saturated heterocycles. The third-order valence-corrected chi connectivity index (χ3v) is 3.04. The Labute approximate surface area is 126 Å². The van der Waals surface area contributed by atoms with E-state index in [1.807, 2.05) is 51.1 Å². The number of carbonyl (C=O) groups excluding carboxylic acids is 2. The van der Waals surface area contributed by atoms with Crippen molar-refractivity contribution in [3.8, 4) is 0 Å². The van der Waals surface area contributed by atoms with Crippen LogP contribution in [0.2, 0.25) is 0 Å². The molecular formula is C17H25NO3. The van der Waals surface area contributed by atoms with E-state index in [-0.39, 0.29) is 17.9 Å². The van der Waals surface area contributed by atoms with Crippen LogP contribution in [-0.2, 0) is 14.3 Å². The number of rotatable bonds is 8. The maximum atomic E-state index is 11.8. The van der Waals surface area contributed by atoms with E-state index in [1.165, 1.54) is 0 Å². The fourth-order valence-corrected chi connectivity index (χ4v) is 1.86. The molecule has 4 heteroatoms. The third kappa shape index (κ3) is 7.49. The van der Waals surface area contributed by atoms with Gasteiger partial charge in [0.25, 0.3) is 0 Å². The molecule has 1 rings (SSSR count). The first-order valence-corrected chi connectivity index (χ1v) is 7.49. The lowest BCUT2D eigenvalue weighted by Gasteiger charge is -2.14. The van der Waals surface area contributed by atoms with Gasteiger partial charge in [-0.25, -0.2) is 0 Å². The summed E-state index contributed by atoms with van der Waals surface area (Å²) in [5.41, 5.74) is 1.07. The Balaban J connectivity index is 2.21. The van der Waals surface area contributed by atoms with E-state index in [0.717, 1.165) is 5.56 Å². The minimum atomic E-state index is -0.229. The molecule has 1 atom stereocenters. The van der Waals surface area contributed by atoms with Crippen LogP contribution in [-0.4, -0.2) is 18.5 Å². The van der Waals surface area contributed by atoms with E-state index in [1.54, 1.807) is 0 Å². The number of benzene rings is 1. The Morgan fingerprint density at radius 2 is 1.76 bits per heavy atom. The first-order chi connectivity index (χ1) is 9.99. The van der Waals surface area contributed by atoms with Crippen molar-refractivity contribution in [1.82, 2.24) is 5.32 Å². The molecule has 0 saturated carbocycles. The summed E-state index contributed by atoms with van der Waals surface area (Å²) in [6.45, 7) is 6.37. The first kappa shape index (κ1) is 17.2. The molecule has 1 aromatic carbocycles. The van der Waals surface area contributed by atoms with E-state index in [0.29, 0.717) is 31.8 Å². The van der Waals surface area contributed by atoms with Gasteiger partial charge in [0.15, 0.2) is 0 Å². The van der Waals surface area contributed by atoms with E-state index < -0.39 is 0 Å². The zero-order valence-electron chi connectivity index (χ0n) is 13.1. The highest BCUT2D eigenvalue weighted by Gasteiger charge is 2.10. The molecule has 0 aliphatic heterocycles. The van der Waals surface area contributed by atoms with Gasteiger partial charge in [-0.3, -0.25) is 9.59 Å². The molecule has 4 nitrogen and oxygen atoms in total. The minimum absolute atomic E-state index is 0.0217. The normalized spacial score (nSPS) is 12.0. The molecule has 0 aromatic heterocycles. The molecule has 0 spiro atoms. The Kier molecular flexibility index (Phi) is 7.51. The number of hydrogen-bond donors (Lipinski definition) is 1. The van der Waals surface area contributed by atoms with Crippen molar-refractivity contribution >= 4 is 11.9 Å². The highest BCUT2D eigenvalue weighted by molar-refractivity contribution is 5.77. The van der Waals surface area contributed by atoms with Gasteiger partial charge < -0.3 is 10.1 Å². The van der Waals surface area contributed by atoms with Crippen LogP contribution in [0.15, 0.2) is 30.3 Å². The first-order valence-electron chi connectivity index (χ1n) is 7.49. The van der Waals surface area contributed by atoms with Gasteiger partial charge in [-0.15, -0.1) is 0 Å². The van der Waals surface area contributed by atoms with E-state index >= 15 is 0 Å². The smallest absolute Gasteiger partial charge is 0.305 e. The number of hydrogen-bond acceptors (Lipinski definition) is 3. The van der Waals surface area contributed by atoms with Crippen LogP contribution in [0.3, 0.4) is 0 Å². The summed E-state index contributed by atoms with van der Waals surface area (Å²) in [4.78, 5) is 23.2. The summed E-state index contributed by atoms with van der Waals surface area (Å²) in [5, 5.41) is 2.93. The van der Waals surface area contributed by atoms with E-state index in [9.17, 15) is 9.59 Å². The van der Waals surface area contributed by atoms with Crippen molar-refractivity contribution in [2.75, 3.05) is 6.61 Å². The number of ether oxygens (including phenoxy) is 1. The summed E-state index contributed by atoms with van der Waals surface area (Å²) in [7, 11) is 0. The Morgan fingerprint density at radius 1 is 1.10 bits per heavy atom. The van der Waals surface area contributed by atoms with Crippen LogP contribution >= 0.6 is 0 Å². The molecule has 0 bridgehead atoms. The van der Waals surface area contributed by atoms with Crippen LogP contribution in [0.25, 0.3) is 0 Å². The molecule has 0 heterocycles. The van der Waals surface area contributed by atoms with Gasteiger partial charge in [0.05, 0.1) is 12.6 Å². The number of esters is 1. The fourth-order valence-electron chi connectivity index (χ4n) is 1.86. The second kappa shape index (κ2) is 9.16. The van der Waals surface area contributed by atoms with Crippen molar-refractivity contribution in [1.29, 1.82) is 0 Å². The van der Waals surface area contributed by atoms with Crippen molar-refractivity contribution < 1.29 is 14.3 Å². The molecule has 0 radical (unpaired) electrons. The molecule has 1 N–H and O–H groups in total. The summed E-state index contributed by atoms with van der Waals surface area (Å²) < 4.78 is 5.07. The lowest BCUT2D eigenvalue weighted by atomic mass is 10.1. The lowest BCUT2D eigenvalue weighted by Crippen LogP contribution is -2.26. The maximum absolute atomic E-state index is 11.8. The summed E-state index contributed by atoms with van der Waals surface area (Å²) in [6.07, 6.45) is 1.15. The molecule has 0 aliphatic carbocycles. The van der Waals surface area contributed by atoms with Crippen LogP contribution in [0.1, 0.15) is 51.6 Å². The number of amides is 1. The average Bonchev–Trinajstić information content (AvgIpc) is 2.46. The standard InChI is InChI=1S/C17H25NO3/c1-13(2)12-21-17(20)11-7-10-16(19)18-14(3)15-8-5-4-6-9-15/h4-6,8-9,13-14H,7,10-12H2,1-3H3,(H,18,19). The highest BCUT2D eigenvalue weighted by atomic mass is 16.5. The van der Waals surface area contributed by atoms with Gasteiger partial charge in [-0.1, -0.05) is 44.2 Å². The van der Waals surface area contributed by atoms with Gasteiger partial charge in [-0.05, 0) is 24.8 Å². The van der Waals surface area contributed by atoms with Crippen LogP contribution in [0.4, 0.5) is 0 Å². The summed E-state index contributed by atoms with van der Waals surface area (Å²) in [6, 6.07) is 9.78. The second-order valence-corrected chi connectivity index (χ2v) is 5.63. The molecular weight excluding hydrogens is 266 g/mol. The van der Waals surface area contributed by atoms with Gasteiger partial charge in [-0.2, -0.15) is 0 Å². The van der Waals surface area contributed by atoms with Crippen LogP contribution in [0.5, 0.6) is 0 Å². The van der Waals surface area contributed by atoms with Gasteiger partial charge in [0.2, 0.25) is 5.91 Å². The summed E-state index contributed by atoms with van der Waals surface area (Å²) in [5.74, 6) is 0.0691. The monoisotopic (exact) mass is 291 g/mol. The molecule has 1 unspecified atom stereocenters. The maximum Gasteiger partial charge on any atom is 0.305 e. The fraction of sp³-hybridized carbons (Fsp3) is 0.529. The van der Waals surface area contributed by atoms with Gasteiger partial charge >= 0.3 is 5.97 Å². The molecule has 1 aromatic rings. The van der Waals surface area contributed by atoms with Crippen molar-refractivity contribution in [3.63, 3.8) is 0 Å². The highest BCUT2D eigenvalue weighted by Crippen LogP contribution is 2.11. The van der Waals surface area contributed by atoms with Crippen molar-refractivity contribution in [3.05, 3.63) is 35.9 Å². The summed E-state index contributed by atoms with van der Waals surface area (Å²) >= 11 is 0. The number of carbonyl (C=O) groups is 2. The Hall–Kier alpha value is -1.84. The Bertz CT molecular complexity index is 443. The topological polar surface area (TPSA) is 55.4 Å². The van der Waals surface area contributed by atoms with Crippen LogP contribution in [0, 0.1) is 5.92 Å². The average molecular weight is 291 g/mol. The molecule has 1 amide bonds. The zero-order chi connectivity index (χ0) is 15.7. The minimum Gasteiger partial charge on any atom is -0.465 e. The van der Waals surface area contributed by atoms with Crippen LogP contribution < -0.4 is 5.32 Å². The molecule has 0 fully saturated rings. The largest absolute Gasteiger partial charge is 0.465 e. The van der Waals surface area contributed by atoms with Crippen molar-refractivity contribution in [2.24, 2.45) is 5.92 Å². The second-order valence-electron chi connectivity index (χ2n) is 5.63. The predicted octanol–water partition coefficient (Wildman–Crippen LogP) is 3.23. The molecule has 0 aliphatic rings. The quantitative estimate of drug-likeness (QED) is 0.748. The molecule has 21 heavy (non-hydrogen) atoms. The Morgan fingerprint density at radius 3 is 2.38 bits per heavy atom. The van der Waals surface area contributed by atoms with E-state index in [2.05, 4.69) is 5.32 Å². The van der Waals surface area contributed by atoms with E-state index in [4.69, 9.17) is 4.74 Å².